The summed E-state index contributed by atoms with van der Waals surface area (Å²) in [4.78, 5) is 78.0. The van der Waals surface area contributed by atoms with Crippen LogP contribution in [0.2, 0.25) is 0 Å². The maximum absolute atomic E-state index is 13.8. The highest BCUT2D eigenvalue weighted by atomic mass is 16.4. The highest BCUT2D eigenvalue weighted by Gasteiger charge is 2.41. The number of carboxylic acids is 2. The van der Waals surface area contributed by atoms with Gasteiger partial charge in [0.1, 0.15) is 24.2 Å². The van der Waals surface area contributed by atoms with E-state index in [0.29, 0.717) is 25.8 Å². The lowest BCUT2D eigenvalue weighted by Crippen LogP contribution is -2.58. The Morgan fingerprint density at radius 2 is 1.40 bits per heavy atom. The van der Waals surface area contributed by atoms with Crippen LogP contribution in [-0.2, 0) is 35.2 Å². The number of benzene rings is 1. The first kappa shape index (κ1) is 30.5. The van der Waals surface area contributed by atoms with Gasteiger partial charge in [-0.05, 0) is 44.6 Å². The lowest BCUT2D eigenvalue weighted by atomic mass is 10.0. The van der Waals surface area contributed by atoms with Gasteiger partial charge in [-0.25, -0.2) is 4.79 Å². The molecule has 2 aliphatic heterocycles. The lowest BCUT2D eigenvalue weighted by molar-refractivity contribution is -0.145. The van der Waals surface area contributed by atoms with E-state index in [9.17, 15) is 33.9 Å². The first-order chi connectivity index (χ1) is 19.0. The number of amides is 4. The van der Waals surface area contributed by atoms with Gasteiger partial charge in [-0.2, -0.15) is 0 Å². The summed E-state index contributed by atoms with van der Waals surface area (Å²) in [5, 5.41) is 23.5. The first-order valence-corrected chi connectivity index (χ1v) is 13.5. The van der Waals surface area contributed by atoms with Crippen molar-refractivity contribution in [3.05, 3.63) is 35.9 Å². The number of carbonyl (C=O) groups is 6. The number of rotatable bonds is 12. The van der Waals surface area contributed by atoms with E-state index in [1.165, 1.54) is 9.80 Å². The number of aliphatic carboxylic acids is 2. The molecule has 0 aliphatic carbocycles. The molecule has 0 spiro atoms. The number of likely N-dealkylation sites (tertiary alicyclic amines) is 2. The van der Waals surface area contributed by atoms with E-state index in [-0.39, 0.29) is 31.7 Å². The van der Waals surface area contributed by atoms with Crippen LogP contribution in [0.25, 0.3) is 0 Å². The van der Waals surface area contributed by atoms with Crippen LogP contribution in [0.5, 0.6) is 0 Å². The lowest BCUT2D eigenvalue weighted by Gasteiger charge is -2.31. The number of nitrogens with one attached hydrogen (secondary N) is 2. The summed E-state index contributed by atoms with van der Waals surface area (Å²) in [7, 11) is 0. The highest BCUT2D eigenvalue weighted by Crippen LogP contribution is 2.22. The molecule has 0 saturated carbocycles. The fourth-order valence-electron chi connectivity index (χ4n) is 5.18. The normalized spacial score (nSPS) is 20.9. The fraction of sp³-hybridized carbons (Fsp3) is 0.556. The van der Waals surface area contributed by atoms with Gasteiger partial charge in [0, 0.05) is 25.9 Å². The molecular formula is C27H37N5O8. The SMILES string of the molecule is CC(N)C(=O)N1CCCC1C(=O)NC(Cc1ccccc1)C(=O)N1CCCC1C(=O)NC(CCC(=O)O)C(=O)O. The second-order valence-electron chi connectivity index (χ2n) is 10.3. The third-order valence-electron chi connectivity index (χ3n) is 7.23. The standard InChI is InChI=1S/C27H37N5O8/c1-16(28)25(37)31-13-5-9-20(31)24(36)30-19(15-17-7-3-2-4-8-17)26(38)32-14-6-10-21(32)23(35)29-18(27(39)40)11-12-22(33)34/h2-4,7-8,16,18-21H,5-6,9-15,28H2,1H3,(H,29,35)(H,30,36)(H,33,34)(H,39,40). The summed E-state index contributed by atoms with van der Waals surface area (Å²) in [6, 6.07) is 4.05. The first-order valence-electron chi connectivity index (χ1n) is 13.5. The minimum absolute atomic E-state index is 0.139. The summed E-state index contributed by atoms with van der Waals surface area (Å²) in [6.45, 7) is 2.16. The molecule has 2 heterocycles. The Morgan fingerprint density at radius 1 is 0.875 bits per heavy atom. The van der Waals surface area contributed by atoms with Crippen molar-refractivity contribution >= 4 is 35.6 Å². The van der Waals surface area contributed by atoms with Gasteiger partial charge in [0.25, 0.3) is 0 Å². The Morgan fingerprint density at radius 3 is 1.90 bits per heavy atom. The quantitative estimate of drug-likeness (QED) is 0.223. The summed E-state index contributed by atoms with van der Waals surface area (Å²) >= 11 is 0. The summed E-state index contributed by atoms with van der Waals surface area (Å²) in [6.07, 6.45) is 1.21. The molecule has 4 amide bonds. The van der Waals surface area contributed by atoms with Crippen LogP contribution in [0.15, 0.2) is 30.3 Å². The number of carboxylic acid groups (broad SMARTS) is 2. The molecule has 1 aromatic carbocycles. The van der Waals surface area contributed by atoms with Crippen LogP contribution < -0.4 is 16.4 Å². The van der Waals surface area contributed by atoms with Crippen LogP contribution >= 0.6 is 0 Å². The van der Waals surface area contributed by atoms with Gasteiger partial charge in [0.2, 0.25) is 23.6 Å². The minimum atomic E-state index is -1.42. The van der Waals surface area contributed by atoms with Crippen molar-refractivity contribution in [2.24, 2.45) is 5.73 Å². The van der Waals surface area contributed by atoms with E-state index in [1.807, 2.05) is 18.2 Å². The van der Waals surface area contributed by atoms with Gasteiger partial charge in [0.05, 0.1) is 6.04 Å². The summed E-state index contributed by atoms with van der Waals surface area (Å²) in [5.41, 5.74) is 6.53. The topological polar surface area (TPSA) is 199 Å². The van der Waals surface area contributed by atoms with Gasteiger partial charge in [0.15, 0.2) is 0 Å². The number of hydrogen-bond acceptors (Lipinski definition) is 7. The molecule has 218 valence electrons. The van der Waals surface area contributed by atoms with Crippen LogP contribution in [-0.4, -0.2) is 98.9 Å². The molecule has 0 radical (unpaired) electrons. The molecule has 40 heavy (non-hydrogen) atoms. The Hall–Kier alpha value is -4.00. The van der Waals surface area contributed by atoms with Crippen molar-refractivity contribution in [3.63, 3.8) is 0 Å². The Balaban J connectivity index is 1.78. The summed E-state index contributed by atoms with van der Waals surface area (Å²) < 4.78 is 0. The maximum atomic E-state index is 13.8. The third kappa shape index (κ3) is 7.78. The van der Waals surface area contributed by atoms with Crippen molar-refractivity contribution < 1.29 is 39.0 Å². The van der Waals surface area contributed by atoms with Crippen molar-refractivity contribution in [2.75, 3.05) is 13.1 Å². The summed E-state index contributed by atoms with van der Waals surface area (Å²) in [5.74, 6) is -4.60. The second-order valence-corrected chi connectivity index (χ2v) is 10.3. The number of nitrogens with two attached hydrogens (primary N) is 1. The molecule has 5 atom stereocenters. The van der Waals surface area contributed by atoms with Crippen molar-refractivity contribution in [1.29, 1.82) is 0 Å². The van der Waals surface area contributed by atoms with Gasteiger partial charge >= 0.3 is 11.9 Å². The molecule has 2 saturated heterocycles. The van der Waals surface area contributed by atoms with Gasteiger partial charge < -0.3 is 36.4 Å². The van der Waals surface area contributed by atoms with E-state index in [4.69, 9.17) is 10.8 Å². The Bertz CT molecular complexity index is 1110. The number of nitrogens with zero attached hydrogens (tertiary/aromatic N) is 2. The molecule has 2 fully saturated rings. The second kappa shape index (κ2) is 13.9. The van der Waals surface area contributed by atoms with Crippen LogP contribution in [0, 0.1) is 0 Å². The van der Waals surface area contributed by atoms with E-state index < -0.39 is 66.3 Å². The smallest absolute Gasteiger partial charge is 0.326 e. The number of carbonyl (C=O) groups excluding carboxylic acids is 4. The van der Waals surface area contributed by atoms with Gasteiger partial charge in [-0.1, -0.05) is 30.3 Å². The Kier molecular flexibility index (Phi) is 10.6. The van der Waals surface area contributed by atoms with Gasteiger partial charge in [-0.3, -0.25) is 24.0 Å². The fourth-order valence-corrected chi connectivity index (χ4v) is 5.18. The third-order valence-corrected chi connectivity index (χ3v) is 7.23. The molecule has 13 heteroatoms. The molecule has 2 aliphatic rings. The predicted molar refractivity (Wildman–Crippen MR) is 142 cm³/mol. The average molecular weight is 560 g/mol. The molecule has 1 aromatic rings. The molecule has 0 bridgehead atoms. The predicted octanol–water partition coefficient (Wildman–Crippen LogP) is -0.523. The maximum Gasteiger partial charge on any atom is 0.326 e. The van der Waals surface area contributed by atoms with E-state index >= 15 is 0 Å². The van der Waals surface area contributed by atoms with Crippen molar-refractivity contribution in [2.45, 2.75) is 82.1 Å². The highest BCUT2D eigenvalue weighted by molar-refractivity contribution is 5.96. The van der Waals surface area contributed by atoms with Crippen LogP contribution in [0.3, 0.4) is 0 Å². The molecule has 13 nitrogen and oxygen atoms in total. The zero-order chi connectivity index (χ0) is 29.4. The largest absolute Gasteiger partial charge is 0.481 e. The van der Waals surface area contributed by atoms with Crippen LogP contribution in [0.4, 0.5) is 0 Å². The zero-order valence-corrected chi connectivity index (χ0v) is 22.5. The average Bonchev–Trinajstić information content (AvgIpc) is 3.60. The monoisotopic (exact) mass is 559 g/mol. The van der Waals surface area contributed by atoms with Crippen molar-refractivity contribution in [3.8, 4) is 0 Å². The van der Waals surface area contributed by atoms with Crippen LogP contribution in [0.1, 0.15) is 51.0 Å². The van der Waals surface area contributed by atoms with Crippen molar-refractivity contribution in [1.82, 2.24) is 20.4 Å². The minimum Gasteiger partial charge on any atom is -0.481 e. The van der Waals surface area contributed by atoms with E-state index in [2.05, 4.69) is 10.6 Å². The number of hydrogen-bond donors (Lipinski definition) is 5. The molecular weight excluding hydrogens is 522 g/mol. The molecule has 0 aromatic heterocycles. The molecule has 5 unspecified atom stereocenters. The molecule has 3 rings (SSSR count). The molecule has 6 N–H and O–H groups in total. The Labute approximate surface area is 232 Å². The van der Waals surface area contributed by atoms with Gasteiger partial charge in [-0.15, -0.1) is 0 Å². The van der Waals surface area contributed by atoms with E-state index in [1.54, 1.807) is 19.1 Å². The van der Waals surface area contributed by atoms with E-state index in [0.717, 1.165) is 5.56 Å². The zero-order valence-electron chi connectivity index (χ0n) is 22.5.